The molecule has 0 atom stereocenters. The van der Waals surface area contributed by atoms with Crippen LogP contribution in [-0.4, -0.2) is 0 Å². The minimum atomic E-state index is -0.456. The van der Waals surface area contributed by atoms with E-state index < -0.39 is 5.41 Å². The van der Waals surface area contributed by atoms with Crippen LogP contribution >= 0.6 is 0 Å². The minimum absolute atomic E-state index is 0.456. The van der Waals surface area contributed by atoms with Crippen LogP contribution in [0, 0.1) is 0 Å². The highest BCUT2D eigenvalue weighted by Gasteiger charge is 2.51. The molecule has 0 saturated carbocycles. The van der Waals surface area contributed by atoms with E-state index in [0.717, 1.165) is 66.5 Å². The summed E-state index contributed by atoms with van der Waals surface area (Å²) < 4.78 is 13.2. The molecular formula is C61H37NO2. The van der Waals surface area contributed by atoms with Gasteiger partial charge in [0.15, 0.2) is 0 Å². The lowest BCUT2D eigenvalue weighted by molar-refractivity contribution is 0.664. The zero-order chi connectivity index (χ0) is 41.9. The molecule has 3 nitrogen and oxygen atoms in total. The fraction of sp³-hybridized carbons (Fsp3) is 0.0164. The smallest absolute Gasteiger partial charge is 0.136 e. The number of anilines is 3. The lowest BCUT2D eigenvalue weighted by atomic mass is 9.70. The van der Waals surface area contributed by atoms with Gasteiger partial charge in [0.1, 0.15) is 22.3 Å². The Morgan fingerprint density at radius 1 is 0.266 bits per heavy atom. The summed E-state index contributed by atoms with van der Waals surface area (Å²) >= 11 is 0. The van der Waals surface area contributed by atoms with Crippen LogP contribution in [0.2, 0.25) is 0 Å². The Balaban J connectivity index is 0.971. The van der Waals surface area contributed by atoms with Gasteiger partial charge in [-0.1, -0.05) is 158 Å². The van der Waals surface area contributed by atoms with Gasteiger partial charge in [-0.15, -0.1) is 0 Å². The van der Waals surface area contributed by atoms with E-state index in [1.165, 1.54) is 61.2 Å². The van der Waals surface area contributed by atoms with E-state index in [1.54, 1.807) is 0 Å². The average molecular weight is 816 g/mol. The Bertz CT molecular complexity index is 3780. The molecule has 0 bridgehead atoms. The van der Waals surface area contributed by atoms with Crippen LogP contribution in [0.5, 0.6) is 0 Å². The van der Waals surface area contributed by atoms with Crippen molar-refractivity contribution in [3.63, 3.8) is 0 Å². The second-order valence-electron chi connectivity index (χ2n) is 17.2. The minimum Gasteiger partial charge on any atom is -0.456 e. The van der Waals surface area contributed by atoms with Gasteiger partial charge in [0, 0.05) is 38.6 Å². The first-order valence-corrected chi connectivity index (χ1v) is 22.0. The predicted octanol–water partition coefficient (Wildman–Crippen LogP) is 16.6. The van der Waals surface area contributed by atoms with Gasteiger partial charge >= 0.3 is 0 Å². The highest BCUT2D eigenvalue weighted by Crippen LogP contribution is 2.63. The lowest BCUT2D eigenvalue weighted by Crippen LogP contribution is -2.26. The van der Waals surface area contributed by atoms with E-state index in [1.807, 2.05) is 0 Å². The molecule has 14 rings (SSSR count). The summed E-state index contributed by atoms with van der Waals surface area (Å²) in [6, 6.07) is 81.5. The van der Waals surface area contributed by atoms with Crippen molar-refractivity contribution in [2.75, 3.05) is 4.90 Å². The SMILES string of the molecule is c1ccc(-c2ccc(N(c3ccc4c(c3)C3(c5ccccc5-c5ccccc53)c3ccccc3-4)c3ccc4oc5cc6c(cc5c4c3)oc3ccc(-c4ccccc4)cc36)cc2)cc1. The second kappa shape index (κ2) is 13.3. The highest BCUT2D eigenvalue weighted by atomic mass is 16.3. The molecule has 3 heteroatoms. The summed E-state index contributed by atoms with van der Waals surface area (Å²) in [5, 5.41) is 4.18. The zero-order valence-corrected chi connectivity index (χ0v) is 34.6. The van der Waals surface area contributed by atoms with Gasteiger partial charge in [0.2, 0.25) is 0 Å². The number of benzene rings is 10. The Hall–Kier alpha value is -8.40. The Morgan fingerprint density at radius 3 is 1.27 bits per heavy atom. The average Bonchev–Trinajstić information content (AvgIpc) is 4.08. The van der Waals surface area contributed by atoms with Crippen molar-refractivity contribution in [3.05, 3.63) is 247 Å². The molecule has 0 unspecified atom stereocenters. The van der Waals surface area contributed by atoms with Crippen LogP contribution < -0.4 is 4.90 Å². The van der Waals surface area contributed by atoms with Crippen molar-refractivity contribution in [2.24, 2.45) is 0 Å². The van der Waals surface area contributed by atoms with Crippen LogP contribution in [0.15, 0.2) is 233 Å². The number of nitrogens with zero attached hydrogens (tertiary/aromatic N) is 1. The molecule has 0 saturated heterocycles. The standard InChI is InChI=1S/C61H37NO2/c1-3-13-38(14-4-1)40-23-26-42(27-24-40)62(44-28-30-48-47-19-9-12-22-55(47)61(56(48)35-44)53-20-10-7-17-45(53)46-18-8-11-21-54(46)61)43-29-32-58-50(34-43)52-37-59-51(36-60(52)64-58)49-33-41(25-31-57(49)63-59)39-15-5-2-6-16-39/h1-37H. The van der Waals surface area contributed by atoms with Crippen molar-refractivity contribution >= 4 is 60.9 Å². The third-order valence-electron chi connectivity index (χ3n) is 13.9. The Labute approximate surface area is 369 Å². The van der Waals surface area contributed by atoms with Crippen LogP contribution in [0.4, 0.5) is 17.1 Å². The normalized spacial score (nSPS) is 13.1. The first-order valence-electron chi connectivity index (χ1n) is 22.0. The van der Waals surface area contributed by atoms with Gasteiger partial charge in [0.05, 0.1) is 5.41 Å². The maximum atomic E-state index is 6.67. The molecule has 0 N–H and O–H groups in total. The zero-order valence-electron chi connectivity index (χ0n) is 34.6. The molecule has 0 amide bonds. The quantitative estimate of drug-likeness (QED) is 0.173. The number of hydrogen-bond donors (Lipinski definition) is 0. The van der Waals surface area contributed by atoms with Crippen molar-refractivity contribution in [2.45, 2.75) is 5.41 Å². The summed E-state index contributed by atoms with van der Waals surface area (Å²) in [4.78, 5) is 2.40. The van der Waals surface area contributed by atoms with E-state index in [2.05, 4.69) is 229 Å². The van der Waals surface area contributed by atoms with Crippen LogP contribution in [0.1, 0.15) is 22.3 Å². The summed E-state index contributed by atoms with van der Waals surface area (Å²) in [5.74, 6) is 0. The molecule has 2 aromatic heterocycles. The fourth-order valence-corrected chi connectivity index (χ4v) is 11.1. The number of fused-ring (bicyclic) bond motifs is 16. The van der Waals surface area contributed by atoms with E-state index in [-0.39, 0.29) is 0 Å². The Morgan fingerprint density at radius 2 is 0.672 bits per heavy atom. The number of furan rings is 2. The van der Waals surface area contributed by atoms with Crippen LogP contribution in [-0.2, 0) is 5.41 Å². The molecular weight excluding hydrogens is 779 g/mol. The fourth-order valence-electron chi connectivity index (χ4n) is 11.1. The first-order chi connectivity index (χ1) is 31.7. The van der Waals surface area contributed by atoms with Crippen molar-refractivity contribution in [3.8, 4) is 44.5 Å². The molecule has 0 aliphatic heterocycles. The maximum absolute atomic E-state index is 6.67. The van der Waals surface area contributed by atoms with Crippen molar-refractivity contribution in [1.29, 1.82) is 0 Å². The molecule has 10 aromatic carbocycles. The summed E-state index contributed by atoms with van der Waals surface area (Å²) in [6.07, 6.45) is 0. The van der Waals surface area contributed by atoms with Gasteiger partial charge in [0.25, 0.3) is 0 Å². The highest BCUT2D eigenvalue weighted by molar-refractivity contribution is 6.16. The lowest BCUT2D eigenvalue weighted by Gasteiger charge is -2.32. The third-order valence-corrected chi connectivity index (χ3v) is 13.9. The van der Waals surface area contributed by atoms with Gasteiger partial charge in [-0.25, -0.2) is 0 Å². The summed E-state index contributed by atoms with van der Waals surface area (Å²) in [5.41, 5.74) is 21.3. The third kappa shape index (κ3) is 4.92. The predicted molar refractivity (Wildman–Crippen MR) is 263 cm³/mol. The molecule has 2 aliphatic carbocycles. The second-order valence-corrected chi connectivity index (χ2v) is 17.2. The van der Waals surface area contributed by atoms with E-state index in [4.69, 9.17) is 8.83 Å². The van der Waals surface area contributed by atoms with Crippen molar-refractivity contribution in [1.82, 2.24) is 0 Å². The first kappa shape index (κ1) is 35.2. The largest absolute Gasteiger partial charge is 0.456 e. The summed E-state index contributed by atoms with van der Waals surface area (Å²) in [7, 11) is 0. The van der Waals surface area contributed by atoms with Gasteiger partial charge in [-0.2, -0.15) is 0 Å². The monoisotopic (exact) mass is 815 g/mol. The molecule has 2 aliphatic rings. The van der Waals surface area contributed by atoms with Crippen LogP contribution in [0.3, 0.4) is 0 Å². The van der Waals surface area contributed by atoms with E-state index in [9.17, 15) is 0 Å². The van der Waals surface area contributed by atoms with Gasteiger partial charge in [-0.05, 0) is 133 Å². The molecule has 0 fully saturated rings. The molecule has 2 heterocycles. The number of rotatable bonds is 5. The number of hydrogen-bond acceptors (Lipinski definition) is 3. The van der Waals surface area contributed by atoms with Crippen LogP contribution in [0.25, 0.3) is 88.4 Å². The molecule has 1 spiro atoms. The molecule has 12 aromatic rings. The molecule has 64 heavy (non-hydrogen) atoms. The molecule has 0 radical (unpaired) electrons. The Kier molecular flexibility index (Phi) is 7.32. The van der Waals surface area contributed by atoms with Crippen molar-refractivity contribution < 1.29 is 8.83 Å². The maximum Gasteiger partial charge on any atom is 0.136 e. The van der Waals surface area contributed by atoms with Gasteiger partial charge in [-0.3, -0.25) is 0 Å². The van der Waals surface area contributed by atoms with Gasteiger partial charge < -0.3 is 13.7 Å². The summed E-state index contributed by atoms with van der Waals surface area (Å²) in [6.45, 7) is 0. The van der Waals surface area contributed by atoms with E-state index in [0.29, 0.717) is 0 Å². The molecule has 298 valence electrons. The topological polar surface area (TPSA) is 29.5 Å². The van der Waals surface area contributed by atoms with E-state index >= 15 is 0 Å².